The summed E-state index contributed by atoms with van der Waals surface area (Å²) in [5.74, 6) is -1.66. The molecule has 2 unspecified atom stereocenters. The molecule has 2 heterocycles. The number of methoxy groups -OCH3 is 1. The molecule has 0 radical (unpaired) electrons. The predicted octanol–water partition coefficient (Wildman–Crippen LogP) is 4.60. The van der Waals surface area contributed by atoms with E-state index in [0.717, 1.165) is 32.5 Å². The molecule has 9 nitrogen and oxygen atoms in total. The van der Waals surface area contributed by atoms with Crippen LogP contribution in [0.2, 0.25) is 0 Å². The Hall–Kier alpha value is -3.82. The normalized spacial score (nSPS) is 20.3. The van der Waals surface area contributed by atoms with Gasteiger partial charge in [-0.25, -0.2) is 4.79 Å². The lowest BCUT2D eigenvalue weighted by atomic mass is 9.78. The summed E-state index contributed by atoms with van der Waals surface area (Å²) in [5.41, 5.74) is 3.54. The number of allylic oxidation sites excluding steroid dienone is 2. The molecule has 0 N–H and O–H groups in total. The topological polar surface area (TPSA) is 102 Å². The number of carbonyl (C=O) groups excluding carboxylic acids is 2. The minimum Gasteiger partial charge on any atom is -0.466 e. The SMILES string of the molecule is COC(=O)C1=C(C)N(C)C(C)=C(C(=O)COC2CCCN(Cc3ccccc3)C2)C1c1cccc([N+](=O)[O-])c1. The van der Waals surface area contributed by atoms with Gasteiger partial charge in [-0.1, -0.05) is 42.5 Å². The highest BCUT2D eigenvalue weighted by Crippen LogP contribution is 2.42. The van der Waals surface area contributed by atoms with Crippen LogP contribution in [0.4, 0.5) is 5.69 Å². The summed E-state index contributed by atoms with van der Waals surface area (Å²) in [6, 6.07) is 16.3. The van der Waals surface area contributed by atoms with Crippen molar-refractivity contribution in [1.29, 1.82) is 0 Å². The Balaban J connectivity index is 1.58. The molecule has 206 valence electrons. The number of ketones is 1. The number of ether oxygens (including phenoxy) is 2. The van der Waals surface area contributed by atoms with Crippen molar-refractivity contribution in [3.05, 3.63) is 98.4 Å². The fourth-order valence-electron chi connectivity index (χ4n) is 5.47. The van der Waals surface area contributed by atoms with Gasteiger partial charge in [0.2, 0.25) is 0 Å². The van der Waals surface area contributed by atoms with E-state index < -0.39 is 16.8 Å². The number of Topliss-reactive ketones (excluding diaryl/α,β-unsaturated/α-hetero) is 1. The maximum absolute atomic E-state index is 13.8. The van der Waals surface area contributed by atoms with E-state index in [1.807, 2.05) is 25.1 Å². The van der Waals surface area contributed by atoms with Crippen LogP contribution in [0.15, 0.2) is 77.1 Å². The van der Waals surface area contributed by atoms with Crippen molar-refractivity contribution < 1.29 is 24.0 Å². The summed E-state index contributed by atoms with van der Waals surface area (Å²) < 4.78 is 11.2. The largest absolute Gasteiger partial charge is 0.466 e. The number of hydrogen-bond acceptors (Lipinski definition) is 8. The first kappa shape index (κ1) is 28.2. The van der Waals surface area contributed by atoms with E-state index in [2.05, 4.69) is 17.0 Å². The Morgan fingerprint density at radius 1 is 1.05 bits per heavy atom. The molecule has 2 aromatic carbocycles. The zero-order chi connectivity index (χ0) is 28.1. The molecule has 0 aliphatic carbocycles. The van der Waals surface area contributed by atoms with Gasteiger partial charge < -0.3 is 14.4 Å². The summed E-state index contributed by atoms with van der Waals surface area (Å²) in [6.45, 7) is 5.97. The number of likely N-dealkylation sites (tertiary alicyclic amines) is 1. The van der Waals surface area contributed by atoms with Gasteiger partial charge in [0.15, 0.2) is 5.78 Å². The van der Waals surface area contributed by atoms with Crippen molar-refractivity contribution in [2.75, 3.05) is 33.9 Å². The van der Waals surface area contributed by atoms with Crippen LogP contribution >= 0.6 is 0 Å². The van der Waals surface area contributed by atoms with E-state index in [1.54, 1.807) is 31.0 Å². The summed E-state index contributed by atoms with van der Waals surface area (Å²) in [5, 5.41) is 11.5. The maximum atomic E-state index is 13.8. The third-order valence-electron chi connectivity index (χ3n) is 7.64. The summed E-state index contributed by atoms with van der Waals surface area (Å²) in [6.07, 6.45) is 1.74. The zero-order valence-electron chi connectivity index (χ0n) is 22.9. The Morgan fingerprint density at radius 3 is 2.46 bits per heavy atom. The Kier molecular flexibility index (Phi) is 8.93. The number of nitro groups is 1. The number of benzene rings is 2. The van der Waals surface area contributed by atoms with Crippen LogP contribution in [0.25, 0.3) is 0 Å². The first-order chi connectivity index (χ1) is 18.7. The lowest BCUT2D eigenvalue weighted by Crippen LogP contribution is -2.40. The van der Waals surface area contributed by atoms with Gasteiger partial charge >= 0.3 is 5.97 Å². The lowest BCUT2D eigenvalue weighted by Gasteiger charge is -2.36. The first-order valence-electron chi connectivity index (χ1n) is 13.1. The third kappa shape index (κ3) is 6.26. The molecule has 0 aromatic heterocycles. The molecule has 1 saturated heterocycles. The number of nitrogens with zero attached hydrogens (tertiary/aromatic N) is 3. The van der Waals surface area contributed by atoms with Crippen LogP contribution in [0, 0.1) is 10.1 Å². The van der Waals surface area contributed by atoms with Crippen molar-refractivity contribution in [3.8, 4) is 0 Å². The van der Waals surface area contributed by atoms with Crippen molar-refractivity contribution in [3.63, 3.8) is 0 Å². The van der Waals surface area contributed by atoms with Gasteiger partial charge in [0.05, 0.1) is 23.7 Å². The average molecular weight is 534 g/mol. The Labute approximate surface area is 228 Å². The van der Waals surface area contributed by atoms with Crippen molar-refractivity contribution in [2.45, 2.75) is 45.3 Å². The monoisotopic (exact) mass is 533 g/mol. The van der Waals surface area contributed by atoms with Crippen LogP contribution in [0.3, 0.4) is 0 Å². The van der Waals surface area contributed by atoms with Crippen molar-refractivity contribution in [2.24, 2.45) is 0 Å². The minimum atomic E-state index is -0.814. The van der Waals surface area contributed by atoms with Crippen LogP contribution < -0.4 is 0 Å². The molecule has 2 aromatic rings. The highest BCUT2D eigenvalue weighted by molar-refractivity contribution is 6.03. The first-order valence-corrected chi connectivity index (χ1v) is 13.1. The van der Waals surface area contributed by atoms with Gasteiger partial charge in [-0.2, -0.15) is 0 Å². The van der Waals surface area contributed by atoms with Crippen molar-refractivity contribution in [1.82, 2.24) is 9.80 Å². The van der Waals surface area contributed by atoms with E-state index in [4.69, 9.17) is 9.47 Å². The van der Waals surface area contributed by atoms with Crippen LogP contribution in [-0.4, -0.2) is 66.4 Å². The number of hydrogen-bond donors (Lipinski definition) is 0. The number of nitro benzene ring substituents is 1. The van der Waals surface area contributed by atoms with E-state index >= 15 is 0 Å². The predicted molar refractivity (Wildman–Crippen MR) is 147 cm³/mol. The number of rotatable bonds is 9. The number of piperidine rings is 1. The quantitative estimate of drug-likeness (QED) is 0.262. The number of carbonyl (C=O) groups is 2. The van der Waals surface area contributed by atoms with Crippen LogP contribution in [-0.2, 0) is 25.6 Å². The minimum absolute atomic E-state index is 0.0951. The summed E-state index contributed by atoms with van der Waals surface area (Å²) in [4.78, 5) is 41.9. The van der Waals surface area contributed by atoms with Gasteiger partial charge in [-0.15, -0.1) is 0 Å². The molecule has 0 bridgehead atoms. The van der Waals surface area contributed by atoms with Gasteiger partial charge in [-0.3, -0.25) is 19.8 Å². The van der Waals surface area contributed by atoms with Crippen LogP contribution in [0.1, 0.15) is 43.7 Å². The molecular weight excluding hydrogens is 498 g/mol. The van der Waals surface area contributed by atoms with Gasteiger partial charge in [0.1, 0.15) is 6.61 Å². The van der Waals surface area contributed by atoms with Crippen molar-refractivity contribution >= 4 is 17.4 Å². The van der Waals surface area contributed by atoms with Gasteiger partial charge in [-0.05, 0) is 44.4 Å². The summed E-state index contributed by atoms with van der Waals surface area (Å²) in [7, 11) is 3.07. The van der Waals surface area contributed by atoms with E-state index in [0.29, 0.717) is 22.5 Å². The zero-order valence-corrected chi connectivity index (χ0v) is 22.9. The van der Waals surface area contributed by atoms with Gasteiger partial charge in [0.25, 0.3) is 5.69 Å². The molecule has 0 amide bonds. The van der Waals surface area contributed by atoms with E-state index in [1.165, 1.54) is 24.8 Å². The molecule has 1 fully saturated rings. The Morgan fingerprint density at radius 2 is 1.77 bits per heavy atom. The van der Waals surface area contributed by atoms with E-state index in [9.17, 15) is 19.7 Å². The maximum Gasteiger partial charge on any atom is 0.336 e. The number of esters is 1. The second-order valence-electron chi connectivity index (χ2n) is 10.1. The lowest BCUT2D eigenvalue weighted by molar-refractivity contribution is -0.384. The van der Waals surface area contributed by atoms with Crippen LogP contribution in [0.5, 0.6) is 0 Å². The molecule has 2 atom stereocenters. The molecule has 9 heteroatoms. The third-order valence-corrected chi connectivity index (χ3v) is 7.64. The molecular formula is C30H35N3O6. The highest BCUT2D eigenvalue weighted by atomic mass is 16.6. The van der Waals surface area contributed by atoms with E-state index in [-0.39, 0.29) is 29.8 Å². The number of non-ortho nitro benzene ring substituents is 1. The molecule has 0 saturated carbocycles. The second kappa shape index (κ2) is 12.4. The fourth-order valence-corrected chi connectivity index (χ4v) is 5.47. The molecule has 4 rings (SSSR count). The second-order valence-corrected chi connectivity index (χ2v) is 10.1. The summed E-state index contributed by atoms with van der Waals surface area (Å²) >= 11 is 0. The standard InChI is InChI=1S/C30H35N3O6/c1-20-27(26(34)19-39-25-14-9-15-32(18-25)17-22-10-6-5-7-11-22)29(23-12-8-13-24(16-23)33(36)37)28(30(35)38-4)21(2)31(20)3/h5-8,10-13,16,25,29H,9,14-15,17-19H2,1-4H3. The molecule has 0 spiro atoms. The molecule has 2 aliphatic rings. The smallest absolute Gasteiger partial charge is 0.336 e. The fraction of sp³-hybridized carbons (Fsp3) is 0.400. The van der Waals surface area contributed by atoms with Gasteiger partial charge in [0, 0.05) is 55.2 Å². The Bertz CT molecular complexity index is 1300. The molecule has 2 aliphatic heterocycles. The average Bonchev–Trinajstić information content (AvgIpc) is 2.95. The highest BCUT2D eigenvalue weighted by Gasteiger charge is 2.39. The molecule has 39 heavy (non-hydrogen) atoms.